The first-order chi connectivity index (χ1) is 5.06. The molecule has 0 heterocycles. The monoisotopic (exact) mass is 241 g/mol. The molecule has 1 aliphatic rings. The number of sulfonamides is 1. The number of alkyl halides is 1. The van der Waals surface area contributed by atoms with Crippen molar-refractivity contribution in [2.24, 2.45) is 0 Å². The number of halogens is 1. The van der Waals surface area contributed by atoms with E-state index in [1.165, 1.54) is 0 Å². The summed E-state index contributed by atoms with van der Waals surface area (Å²) in [7, 11) is -2.98. The van der Waals surface area contributed by atoms with Crippen molar-refractivity contribution in [3.05, 3.63) is 0 Å². The lowest BCUT2D eigenvalue weighted by atomic mass is 10.4. The van der Waals surface area contributed by atoms with E-state index in [2.05, 4.69) is 20.7 Å². The fraction of sp³-hybridized carbons (Fsp3) is 1.00. The highest BCUT2D eigenvalue weighted by atomic mass is 79.9. The third-order valence-corrected chi connectivity index (χ3v) is 4.61. The summed E-state index contributed by atoms with van der Waals surface area (Å²) in [6.07, 6.45) is 1.65. The molecule has 0 amide bonds. The Balaban J connectivity index is 2.46. The number of hydrogen-bond donors (Lipinski definition) is 1. The summed E-state index contributed by atoms with van der Waals surface area (Å²) in [4.78, 5) is 0. The zero-order valence-electron chi connectivity index (χ0n) is 6.38. The zero-order chi connectivity index (χ0) is 8.48. The predicted molar refractivity (Wildman–Crippen MR) is 48.3 cm³/mol. The molecule has 3 nitrogen and oxygen atoms in total. The van der Waals surface area contributed by atoms with Crippen LogP contribution >= 0.6 is 15.9 Å². The van der Waals surface area contributed by atoms with Crippen LogP contribution in [-0.4, -0.2) is 25.0 Å². The van der Waals surface area contributed by atoms with Crippen LogP contribution < -0.4 is 4.72 Å². The van der Waals surface area contributed by atoms with Gasteiger partial charge in [-0.1, -0.05) is 15.9 Å². The van der Waals surface area contributed by atoms with Crippen molar-refractivity contribution in [3.8, 4) is 0 Å². The minimum atomic E-state index is -2.98. The molecular formula is C6H12BrNO2S. The van der Waals surface area contributed by atoms with Gasteiger partial charge in [-0.05, 0) is 19.8 Å². The van der Waals surface area contributed by atoms with Crippen LogP contribution in [0, 0.1) is 0 Å². The van der Waals surface area contributed by atoms with Gasteiger partial charge in [-0.15, -0.1) is 0 Å². The molecule has 0 radical (unpaired) electrons. The van der Waals surface area contributed by atoms with Gasteiger partial charge >= 0.3 is 0 Å². The van der Waals surface area contributed by atoms with Gasteiger partial charge in [0.25, 0.3) is 0 Å². The second-order valence-electron chi connectivity index (χ2n) is 2.92. The molecule has 0 aromatic rings. The van der Waals surface area contributed by atoms with E-state index in [0.717, 1.165) is 12.8 Å². The van der Waals surface area contributed by atoms with E-state index >= 15 is 0 Å². The molecule has 66 valence electrons. The molecule has 0 aromatic carbocycles. The molecule has 1 N–H and O–H groups in total. The molecule has 1 rings (SSSR count). The van der Waals surface area contributed by atoms with Crippen LogP contribution in [0.3, 0.4) is 0 Å². The smallest absolute Gasteiger partial charge is 0.212 e. The third kappa shape index (κ3) is 2.72. The molecule has 0 saturated heterocycles. The highest BCUT2D eigenvalue weighted by molar-refractivity contribution is 9.09. The van der Waals surface area contributed by atoms with Gasteiger partial charge in [0.1, 0.15) is 0 Å². The Hall–Kier alpha value is 0.390. The fourth-order valence-corrected chi connectivity index (χ4v) is 2.76. The summed E-state index contributed by atoms with van der Waals surface area (Å²) in [6, 6.07) is 0.000556. The first-order valence-electron chi connectivity index (χ1n) is 3.63. The van der Waals surface area contributed by atoms with Crippen molar-refractivity contribution >= 4 is 26.0 Å². The van der Waals surface area contributed by atoms with Crippen LogP contribution in [0.5, 0.6) is 0 Å². The summed E-state index contributed by atoms with van der Waals surface area (Å²) in [5.74, 6) is 0. The normalized spacial score (nSPS) is 21.6. The van der Waals surface area contributed by atoms with E-state index in [9.17, 15) is 8.42 Å². The van der Waals surface area contributed by atoms with Gasteiger partial charge in [0, 0.05) is 11.4 Å². The van der Waals surface area contributed by atoms with Crippen LogP contribution in [0.1, 0.15) is 19.8 Å². The molecule has 0 bridgehead atoms. The zero-order valence-corrected chi connectivity index (χ0v) is 8.78. The van der Waals surface area contributed by atoms with Crippen molar-refractivity contribution in [2.75, 3.05) is 5.33 Å². The molecule has 1 fully saturated rings. The molecule has 0 spiro atoms. The molecular weight excluding hydrogens is 230 g/mol. The Morgan fingerprint density at radius 3 is 2.55 bits per heavy atom. The maximum Gasteiger partial charge on any atom is 0.214 e. The minimum absolute atomic E-state index is 0.000556. The Kier molecular flexibility index (Phi) is 2.94. The lowest BCUT2D eigenvalue weighted by molar-refractivity contribution is 0.570. The first-order valence-corrected chi connectivity index (χ1v) is 6.30. The minimum Gasteiger partial charge on any atom is -0.212 e. The van der Waals surface area contributed by atoms with E-state index in [4.69, 9.17) is 0 Å². The molecule has 5 heteroatoms. The van der Waals surface area contributed by atoms with Crippen LogP contribution in [0.25, 0.3) is 0 Å². The Morgan fingerprint density at radius 2 is 2.18 bits per heavy atom. The summed E-state index contributed by atoms with van der Waals surface area (Å²) < 4.78 is 25.1. The van der Waals surface area contributed by atoms with E-state index < -0.39 is 10.0 Å². The Labute approximate surface area is 75.7 Å². The largest absolute Gasteiger partial charge is 0.214 e. The lowest BCUT2D eigenvalue weighted by Gasteiger charge is -2.09. The highest BCUT2D eigenvalue weighted by Crippen LogP contribution is 2.27. The second kappa shape index (κ2) is 3.41. The lowest BCUT2D eigenvalue weighted by Crippen LogP contribution is -2.35. The van der Waals surface area contributed by atoms with Gasteiger partial charge in [0.05, 0.1) is 5.25 Å². The number of nitrogens with one attached hydrogen (secondary N) is 1. The van der Waals surface area contributed by atoms with Crippen molar-refractivity contribution in [2.45, 2.75) is 31.1 Å². The van der Waals surface area contributed by atoms with Gasteiger partial charge in [-0.3, -0.25) is 0 Å². The number of hydrogen-bond acceptors (Lipinski definition) is 2. The Bertz CT molecular complexity index is 223. The average molecular weight is 242 g/mol. The van der Waals surface area contributed by atoms with Crippen molar-refractivity contribution in [1.82, 2.24) is 4.72 Å². The maximum atomic E-state index is 11.2. The molecule has 0 aromatic heterocycles. The summed E-state index contributed by atoms with van der Waals surface area (Å²) in [5.41, 5.74) is 0. The van der Waals surface area contributed by atoms with Crippen molar-refractivity contribution in [3.63, 3.8) is 0 Å². The topological polar surface area (TPSA) is 46.2 Å². The molecule has 1 saturated carbocycles. The maximum absolute atomic E-state index is 11.2. The van der Waals surface area contributed by atoms with Gasteiger partial charge in [0.15, 0.2) is 0 Å². The van der Waals surface area contributed by atoms with E-state index in [-0.39, 0.29) is 11.3 Å². The predicted octanol–water partition coefficient (Wildman–Crippen LogP) is 0.852. The summed E-state index contributed by atoms with van der Waals surface area (Å²) in [5, 5.41) is 0.558. The fourth-order valence-electron chi connectivity index (χ4n) is 0.786. The Morgan fingerprint density at radius 1 is 1.64 bits per heavy atom. The van der Waals surface area contributed by atoms with Crippen LogP contribution in [-0.2, 0) is 10.0 Å². The number of rotatable bonds is 4. The standard InChI is InChI=1S/C6H12BrNO2S/c1-5(4-7)8-11(9,10)6-2-3-6/h5-6,8H,2-4H2,1H3. The van der Waals surface area contributed by atoms with Crippen LogP contribution in [0.4, 0.5) is 0 Å². The summed E-state index contributed by atoms with van der Waals surface area (Å²) in [6.45, 7) is 1.84. The molecule has 11 heavy (non-hydrogen) atoms. The average Bonchev–Trinajstić information content (AvgIpc) is 2.66. The highest BCUT2D eigenvalue weighted by Gasteiger charge is 2.36. The van der Waals surface area contributed by atoms with Crippen LogP contribution in [0.15, 0.2) is 0 Å². The molecule has 1 aliphatic carbocycles. The van der Waals surface area contributed by atoms with Gasteiger partial charge in [-0.25, -0.2) is 13.1 Å². The molecule has 1 unspecified atom stereocenters. The van der Waals surface area contributed by atoms with Gasteiger partial charge < -0.3 is 0 Å². The quantitative estimate of drug-likeness (QED) is 0.743. The third-order valence-electron chi connectivity index (χ3n) is 1.56. The molecule has 1 atom stereocenters. The van der Waals surface area contributed by atoms with E-state index in [1.807, 2.05) is 6.92 Å². The van der Waals surface area contributed by atoms with Crippen LogP contribution in [0.2, 0.25) is 0 Å². The SMILES string of the molecule is CC(CBr)NS(=O)(=O)C1CC1. The van der Waals surface area contributed by atoms with E-state index in [1.54, 1.807) is 0 Å². The van der Waals surface area contributed by atoms with Crippen molar-refractivity contribution < 1.29 is 8.42 Å². The van der Waals surface area contributed by atoms with Crippen molar-refractivity contribution in [1.29, 1.82) is 0 Å². The van der Waals surface area contributed by atoms with Gasteiger partial charge in [0.2, 0.25) is 10.0 Å². The molecule has 0 aliphatic heterocycles. The first kappa shape index (κ1) is 9.48. The van der Waals surface area contributed by atoms with Gasteiger partial charge in [-0.2, -0.15) is 0 Å². The summed E-state index contributed by atoms with van der Waals surface area (Å²) >= 11 is 3.21. The van der Waals surface area contributed by atoms with E-state index in [0.29, 0.717) is 5.33 Å². The second-order valence-corrected chi connectivity index (χ2v) is 5.56.